The van der Waals surface area contributed by atoms with E-state index in [-0.39, 0.29) is 35.0 Å². The molecular weight excluding hydrogens is 544 g/mol. The van der Waals surface area contributed by atoms with Gasteiger partial charge in [-0.2, -0.15) is 13.2 Å². The number of aromatic nitrogens is 2. The van der Waals surface area contributed by atoms with Gasteiger partial charge in [-0.05, 0) is 56.0 Å². The summed E-state index contributed by atoms with van der Waals surface area (Å²) in [5, 5.41) is 9.87. The lowest BCUT2D eigenvalue weighted by Gasteiger charge is -2.15. The first kappa shape index (κ1) is 28.3. The molecule has 2 heterocycles. The van der Waals surface area contributed by atoms with Crippen LogP contribution in [-0.4, -0.2) is 20.8 Å². The number of aromatic hydroxyl groups is 1. The van der Waals surface area contributed by atoms with E-state index in [4.69, 9.17) is 20.8 Å². The Morgan fingerprint density at radius 2 is 1.85 bits per heavy atom. The molecule has 2 aromatic heterocycles. The summed E-state index contributed by atoms with van der Waals surface area (Å²) in [5.74, 6) is -0.534. The van der Waals surface area contributed by atoms with Crippen molar-refractivity contribution in [3.8, 4) is 17.3 Å². The normalized spacial score (nSPS) is 11.8. The summed E-state index contributed by atoms with van der Waals surface area (Å²) in [6, 6.07) is 6.93. The second kappa shape index (κ2) is 11.6. The lowest BCUT2D eigenvalue weighted by Crippen LogP contribution is -2.23. The molecule has 0 saturated carbocycles. The van der Waals surface area contributed by atoms with Crippen LogP contribution in [0.15, 0.2) is 56.6 Å². The Labute approximate surface area is 224 Å². The lowest BCUT2D eigenvalue weighted by molar-refractivity contribution is -0.136. The van der Waals surface area contributed by atoms with E-state index >= 15 is 0 Å². The smallest absolute Gasteiger partial charge is 0.417 e. The monoisotopic (exact) mass is 568 g/mol. The van der Waals surface area contributed by atoms with Crippen molar-refractivity contribution in [1.29, 1.82) is 0 Å². The number of aryl methyl sites for hydroxylation is 1. The molecule has 0 atom stereocenters. The van der Waals surface area contributed by atoms with Crippen molar-refractivity contribution in [3.05, 3.63) is 85.5 Å². The van der Waals surface area contributed by atoms with E-state index in [2.05, 4.69) is 0 Å². The molecule has 0 saturated heterocycles. The molecule has 0 unspecified atom stereocenters. The maximum atomic E-state index is 13.5. The highest BCUT2D eigenvalue weighted by atomic mass is 35.5. The van der Waals surface area contributed by atoms with Gasteiger partial charge in [0.05, 0.1) is 29.1 Å². The molecule has 4 aromatic rings. The van der Waals surface area contributed by atoms with Crippen molar-refractivity contribution in [2.24, 2.45) is 0 Å². The molecule has 0 amide bonds. The maximum absolute atomic E-state index is 13.5. The van der Waals surface area contributed by atoms with Crippen molar-refractivity contribution in [2.45, 2.75) is 51.7 Å². The third kappa shape index (κ3) is 6.13. The highest BCUT2D eigenvalue weighted by molar-refractivity contribution is 6.30. The first-order chi connectivity index (χ1) is 18.5. The van der Waals surface area contributed by atoms with Gasteiger partial charge in [0.15, 0.2) is 0 Å². The number of nitrogens with zero attached hydrogens (tertiary/aromatic N) is 2. The van der Waals surface area contributed by atoms with Crippen molar-refractivity contribution in [1.82, 2.24) is 9.13 Å². The highest BCUT2D eigenvalue weighted by Crippen LogP contribution is 2.37. The van der Waals surface area contributed by atoms with Crippen LogP contribution in [0.3, 0.4) is 0 Å². The second-order valence-corrected chi connectivity index (χ2v) is 9.35. The molecule has 4 rings (SSSR count). The van der Waals surface area contributed by atoms with Crippen LogP contribution in [0.5, 0.6) is 11.6 Å². The number of fused-ring (bicyclic) bond motifs is 1. The molecule has 7 nitrogen and oxygen atoms in total. The van der Waals surface area contributed by atoms with Crippen molar-refractivity contribution >= 4 is 22.6 Å². The number of hydrogen-bond donors (Lipinski definition) is 1. The third-order valence-corrected chi connectivity index (χ3v) is 6.49. The Bertz CT molecular complexity index is 1610. The lowest BCUT2D eigenvalue weighted by atomic mass is 10.0. The molecule has 208 valence electrons. The standard InChI is InChI=1S/C27H25ClF4N2O5/c1-2-6-18-22(10-8-17-19(27(30,31)32)14-24(36)39-25(17)18)38-12-5-3-4-11-33-23(35)15-34(26(33)37)16-7-9-21(29)20(28)13-16/h7-10,13-15,35H,2-6,11-12H2,1H3. The van der Waals surface area contributed by atoms with Crippen molar-refractivity contribution in [2.75, 3.05) is 6.61 Å². The van der Waals surface area contributed by atoms with Gasteiger partial charge in [-0.15, -0.1) is 0 Å². The predicted octanol–water partition coefficient (Wildman–Crippen LogP) is 6.46. The van der Waals surface area contributed by atoms with E-state index < -0.39 is 28.9 Å². The van der Waals surface area contributed by atoms with Crippen LogP contribution in [-0.2, 0) is 19.1 Å². The summed E-state index contributed by atoms with van der Waals surface area (Å²) in [4.78, 5) is 24.6. The zero-order valence-corrected chi connectivity index (χ0v) is 21.6. The van der Waals surface area contributed by atoms with E-state index in [1.54, 1.807) is 0 Å². The molecule has 0 spiro atoms. The van der Waals surface area contributed by atoms with Gasteiger partial charge in [-0.1, -0.05) is 24.9 Å². The van der Waals surface area contributed by atoms with Crippen LogP contribution in [0, 0.1) is 5.82 Å². The zero-order valence-electron chi connectivity index (χ0n) is 20.9. The van der Waals surface area contributed by atoms with Gasteiger partial charge in [0, 0.05) is 23.6 Å². The van der Waals surface area contributed by atoms with E-state index in [0.29, 0.717) is 55.2 Å². The van der Waals surface area contributed by atoms with Crippen LogP contribution in [0.2, 0.25) is 5.02 Å². The van der Waals surface area contributed by atoms with Gasteiger partial charge in [0.1, 0.15) is 17.1 Å². The summed E-state index contributed by atoms with van der Waals surface area (Å²) < 4.78 is 67.2. The molecular formula is C27H25ClF4N2O5. The van der Waals surface area contributed by atoms with Gasteiger partial charge < -0.3 is 14.3 Å². The van der Waals surface area contributed by atoms with E-state index in [9.17, 15) is 32.3 Å². The van der Waals surface area contributed by atoms with Crippen molar-refractivity contribution < 1.29 is 31.8 Å². The molecule has 2 aromatic carbocycles. The minimum atomic E-state index is -4.70. The van der Waals surface area contributed by atoms with Crippen LogP contribution < -0.4 is 16.1 Å². The van der Waals surface area contributed by atoms with Crippen LogP contribution in [0.25, 0.3) is 16.7 Å². The Balaban J connectivity index is 1.40. The molecule has 0 aliphatic carbocycles. The van der Waals surface area contributed by atoms with Crippen LogP contribution in [0.1, 0.15) is 43.7 Å². The Morgan fingerprint density at radius 3 is 2.54 bits per heavy atom. The number of imidazole rings is 1. The number of halogens is 5. The van der Waals surface area contributed by atoms with Gasteiger partial charge in [0.25, 0.3) is 0 Å². The Hall–Kier alpha value is -3.73. The topological polar surface area (TPSA) is 86.6 Å². The van der Waals surface area contributed by atoms with E-state index in [1.165, 1.54) is 39.6 Å². The summed E-state index contributed by atoms with van der Waals surface area (Å²) >= 11 is 5.79. The third-order valence-electron chi connectivity index (χ3n) is 6.20. The number of rotatable bonds is 10. The molecule has 0 radical (unpaired) electrons. The Kier molecular flexibility index (Phi) is 8.39. The fourth-order valence-electron chi connectivity index (χ4n) is 4.35. The molecule has 0 fully saturated rings. The number of unbranched alkanes of at least 4 members (excludes halogenated alkanes) is 2. The number of alkyl halides is 3. The fraction of sp³-hybridized carbons (Fsp3) is 0.333. The molecule has 12 heteroatoms. The van der Waals surface area contributed by atoms with E-state index in [1.807, 2.05) is 6.92 Å². The molecule has 0 bridgehead atoms. The number of ether oxygens (including phenoxy) is 1. The van der Waals surface area contributed by atoms with Gasteiger partial charge in [-0.25, -0.2) is 14.0 Å². The van der Waals surface area contributed by atoms with Gasteiger partial charge in [-0.3, -0.25) is 9.13 Å². The minimum Gasteiger partial charge on any atom is -0.493 e. The summed E-state index contributed by atoms with van der Waals surface area (Å²) in [5.41, 5.74) is -2.06. The number of benzene rings is 2. The average Bonchev–Trinajstić information content (AvgIpc) is 3.16. The first-order valence-electron chi connectivity index (χ1n) is 12.3. The molecule has 39 heavy (non-hydrogen) atoms. The largest absolute Gasteiger partial charge is 0.493 e. The first-order valence-corrected chi connectivity index (χ1v) is 12.7. The summed E-state index contributed by atoms with van der Waals surface area (Å²) in [7, 11) is 0. The summed E-state index contributed by atoms with van der Waals surface area (Å²) in [6.45, 7) is 2.31. The van der Waals surface area contributed by atoms with Gasteiger partial charge in [0.2, 0.25) is 5.88 Å². The quantitative estimate of drug-likeness (QED) is 0.135. The zero-order chi connectivity index (χ0) is 28.3. The second-order valence-electron chi connectivity index (χ2n) is 8.94. The molecule has 0 aliphatic rings. The number of hydrogen-bond acceptors (Lipinski definition) is 5. The van der Waals surface area contributed by atoms with Crippen molar-refractivity contribution in [3.63, 3.8) is 0 Å². The van der Waals surface area contributed by atoms with Crippen LogP contribution in [0.4, 0.5) is 17.6 Å². The highest BCUT2D eigenvalue weighted by Gasteiger charge is 2.34. The predicted molar refractivity (Wildman–Crippen MR) is 137 cm³/mol. The SMILES string of the molecule is CCCc1c(OCCCCCn2c(O)cn(-c3ccc(F)c(Cl)c3)c2=O)ccc2c(C(F)(F)F)cc(=O)oc12. The minimum absolute atomic E-state index is 0.129. The Morgan fingerprint density at radius 1 is 1.08 bits per heavy atom. The summed E-state index contributed by atoms with van der Waals surface area (Å²) in [6.07, 6.45) is -0.833. The van der Waals surface area contributed by atoms with Gasteiger partial charge >= 0.3 is 17.5 Å². The van der Waals surface area contributed by atoms with E-state index in [0.717, 1.165) is 6.07 Å². The molecule has 0 aliphatic heterocycles. The average molecular weight is 569 g/mol. The molecule has 1 N–H and O–H groups in total. The van der Waals surface area contributed by atoms with Crippen LogP contribution >= 0.6 is 11.6 Å². The maximum Gasteiger partial charge on any atom is 0.417 e. The fourth-order valence-corrected chi connectivity index (χ4v) is 4.52.